The number of rotatable bonds is 3. The average Bonchev–Trinajstić information content (AvgIpc) is 2.25. The highest BCUT2D eigenvalue weighted by Crippen LogP contribution is 2.35. The average molecular weight is 355 g/mol. The Morgan fingerprint density at radius 2 is 1.42 bits per heavy atom. The van der Waals surface area contributed by atoms with Crippen LogP contribution in [0.25, 0.3) is 0 Å². The summed E-state index contributed by atoms with van der Waals surface area (Å²) in [7, 11) is 0. The van der Waals surface area contributed by atoms with Crippen LogP contribution in [-0.4, -0.2) is 46.1 Å². The van der Waals surface area contributed by atoms with Crippen LogP contribution in [0.1, 0.15) is 20.8 Å². The van der Waals surface area contributed by atoms with E-state index in [1.165, 1.54) is 32.5 Å². The molecule has 0 aromatic carbocycles. The van der Waals surface area contributed by atoms with Crippen molar-refractivity contribution >= 4 is 45.6 Å². The van der Waals surface area contributed by atoms with Gasteiger partial charge in [-0.1, -0.05) is 15.9 Å². The highest BCUT2D eigenvalue weighted by Gasteiger charge is 2.45. The summed E-state index contributed by atoms with van der Waals surface area (Å²) in [5, 5.41) is 0. The molecule has 0 amide bonds. The van der Waals surface area contributed by atoms with Crippen molar-refractivity contribution < 1.29 is 28.6 Å². The molecule has 1 aliphatic rings. The fraction of sp³-hybridized carbons (Fsp3) is 0.727. The molecule has 6 nitrogen and oxygen atoms in total. The summed E-state index contributed by atoms with van der Waals surface area (Å²) in [5.74, 6) is -1.04. The molecule has 8 heteroatoms. The number of carbonyl (C=O) groups is 3. The molecule has 1 heterocycles. The predicted octanol–water partition coefficient (Wildman–Crippen LogP) is 1.25. The van der Waals surface area contributed by atoms with Crippen molar-refractivity contribution in [3.8, 4) is 0 Å². The molecule has 0 radical (unpaired) electrons. The molecule has 0 spiro atoms. The normalized spacial score (nSPS) is 30.3. The van der Waals surface area contributed by atoms with E-state index in [9.17, 15) is 14.4 Å². The molecule has 0 unspecified atom stereocenters. The number of esters is 3. The zero-order valence-electron chi connectivity index (χ0n) is 10.8. The molecule has 0 bridgehead atoms. The van der Waals surface area contributed by atoms with E-state index in [1.807, 2.05) is 0 Å². The van der Waals surface area contributed by atoms with E-state index in [0.717, 1.165) is 0 Å². The maximum Gasteiger partial charge on any atom is 0.303 e. The first-order valence-electron chi connectivity index (χ1n) is 5.58. The highest BCUT2D eigenvalue weighted by molar-refractivity contribution is 9.11. The van der Waals surface area contributed by atoms with E-state index in [-0.39, 0.29) is 4.16 Å². The minimum absolute atomic E-state index is 0.229. The molecular weight excluding hydrogens is 340 g/mol. The molecule has 1 rings (SSSR count). The van der Waals surface area contributed by atoms with E-state index < -0.39 is 36.2 Å². The summed E-state index contributed by atoms with van der Waals surface area (Å²) in [6.45, 7) is 3.79. The zero-order valence-corrected chi connectivity index (χ0v) is 13.2. The van der Waals surface area contributed by atoms with Gasteiger partial charge in [-0.2, -0.15) is 0 Å². The number of thioether (sulfide) groups is 1. The molecule has 0 aliphatic carbocycles. The summed E-state index contributed by atoms with van der Waals surface area (Å²) in [6, 6.07) is 0. The van der Waals surface area contributed by atoms with Crippen LogP contribution in [0, 0.1) is 0 Å². The van der Waals surface area contributed by atoms with Gasteiger partial charge in [0.25, 0.3) is 0 Å². The first-order valence-corrected chi connectivity index (χ1v) is 7.55. The maximum absolute atomic E-state index is 11.2. The fourth-order valence-corrected chi connectivity index (χ4v) is 3.60. The first-order chi connectivity index (χ1) is 8.81. The number of alkyl halides is 1. The lowest BCUT2D eigenvalue weighted by atomic mass is 10.1. The van der Waals surface area contributed by atoms with Gasteiger partial charge in [-0.05, 0) is 0 Å². The van der Waals surface area contributed by atoms with Gasteiger partial charge in [0.05, 0.1) is 0 Å². The van der Waals surface area contributed by atoms with E-state index >= 15 is 0 Å². The summed E-state index contributed by atoms with van der Waals surface area (Å²) in [5.41, 5.74) is 0. The van der Waals surface area contributed by atoms with Gasteiger partial charge < -0.3 is 14.2 Å². The van der Waals surface area contributed by atoms with Crippen LogP contribution in [-0.2, 0) is 28.6 Å². The zero-order chi connectivity index (χ0) is 14.6. The fourth-order valence-electron chi connectivity index (χ4n) is 1.70. The number of ether oxygens (including phenoxy) is 3. The predicted molar refractivity (Wildman–Crippen MR) is 71.8 cm³/mol. The van der Waals surface area contributed by atoms with Crippen molar-refractivity contribution in [2.24, 2.45) is 0 Å². The van der Waals surface area contributed by atoms with Crippen molar-refractivity contribution in [1.82, 2.24) is 0 Å². The second kappa shape index (κ2) is 7.14. The van der Waals surface area contributed by atoms with Gasteiger partial charge >= 0.3 is 17.9 Å². The number of hydrogen-bond donors (Lipinski definition) is 0. The number of hydrogen-bond acceptors (Lipinski definition) is 7. The van der Waals surface area contributed by atoms with Crippen LogP contribution < -0.4 is 0 Å². The van der Waals surface area contributed by atoms with Crippen LogP contribution in [0.2, 0.25) is 0 Å². The second-order valence-electron chi connectivity index (χ2n) is 3.98. The van der Waals surface area contributed by atoms with Crippen molar-refractivity contribution in [2.75, 3.05) is 5.75 Å². The van der Waals surface area contributed by atoms with Crippen molar-refractivity contribution in [3.05, 3.63) is 0 Å². The molecule has 4 atom stereocenters. The van der Waals surface area contributed by atoms with Gasteiger partial charge in [0, 0.05) is 26.5 Å². The molecule has 0 N–H and O–H groups in total. The summed E-state index contributed by atoms with van der Waals surface area (Å²) in [6.07, 6.45) is -2.15. The van der Waals surface area contributed by atoms with Crippen molar-refractivity contribution in [1.29, 1.82) is 0 Å². The molecular formula is C11H15BrO6S. The Morgan fingerprint density at radius 1 is 0.947 bits per heavy atom. The standard InChI is InChI=1S/C11H15BrO6S/c1-5(13)16-8-4-19-11(12)10(18-7(3)15)9(8)17-6(2)14/h8-11H,4H2,1-3H3/t8-,9-,10+,11-/m0/s1. The Hall–Kier alpha value is -0.760. The van der Waals surface area contributed by atoms with Gasteiger partial charge in [-0.15, -0.1) is 11.8 Å². The number of carbonyl (C=O) groups excluding carboxylic acids is 3. The Balaban J connectivity index is 2.89. The third-order valence-electron chi connectivity index (χ3n) is 2.29. The molecule has 0 aromatic rings. The Bertz CT molecular complexity index is 374. The highest BCUT2D eigenvalue weighted by atomic mass is 79.9. The second-order valence-corrected chi connectivity index (χ2v) is 6.75. The SMILES string of the molecule is CC(=O)O[C@@H]1[C@@H](OC(C)=O)[C@@H](Br)SC[C@@H]1OC(C)=O. The van der Waals surface area contributed by atoms with Gasteiger partial charge in [0.15, 0.2) is 18.3 Å². The lowest BCUT2D eigenvalue weighted by Crippen LogP contribution is -2.52. The number of halogens is 1. The molecule has 1 saturated heterocycles. The molecule has 108 valence electrons. The van der Waals surface area contributed by atoms with Gasteiger partial charge in [0.2, 0.25) is 0 Å². The summed E-state index contributed by atoms with van der Waals surface area (Å²) in [4.78, 5) is 33.3. The topological polar surface area (TPSA) is 78.9 Å². The molecule has 0 saturated carbocycles. The monoisotopic (exact) mass is 354 g/mol. The quantitative estimate of drug-likeness (QED) is 0.428. The Labute approximate surface area is 123 Å². The van der Waals surface area contributed by atoms with Crippen LogP contribution >= 0.6 is 27.7 Å². The molecule has 19 heavy (non-hydrogen) atoms. The van der Waals surface area contributed by atoms with Gasteiger partial charge in [-0.3, -0.25) is 14.4 Å². The smallest absolute Gasteiger partial charge is 0.303 e. The van der Waals surface area contributed by atoms with Crippen molar-refractivity contribution in [3.63, 3.8) is 0 Å². The van der Waals surface area contributed by atoms with Crippen molar-refractivity contribution in [2.45, 2.75) is 43.2 Å². The van der Waals surface area contributed by atoms with E-state index in [1.54, 1.807) is 0 Å². The minimum atomic E-state index is -0.809. The third-order valence-corrected chi connectivity index (χ3v) is 4.71. The Kier molecular flexibility index (Phi) is 6.12. The first kappa shape index (κ1) is 16.3. The maximum atomic E-state index is 11.2. The van der Waals surface area contributed by atoms with Crippen LogP contribution in [0.5, 0.6) is 0 Å². The largest absolute Gasteiger partial charge is 0.458 e. The van der Waals surface area contributed by atoms with Gasteiger partial charge in [-0.25, -0.2) is 0 Å². The van der Waals surface area contributed by atoms with E-state index in [0.29, 0.717) is 5.75 Å². The lowest BCUT2D eigenvalue weighted by Gasteiger charge is -2.38. The van der Waals surface area contributed by atoms with Gasteiger partial charge in [0.1, 0.15) is 4.16 Å². The van der Waals surface area contributed by atoms with Crippen LogP contribution in [0.3, 0.4) is 0 Å². The van der Waals surface area contributed by atoms with E-state index in [4.69, 9.17) is 14.2 Å². The van der Waals surface area contributed by atoms with Crippen LogP contribution in [0.4, 0.5) is 0 Å². The van der Waals surface area contributed by atoms with E-state index in [2.05, 4.69) is 15.9 Å². The molecule has 1 aliphatic heterocycles. The lowest BCUT2D eigenvalue weighted by molar-refractivity contribution is -0.180. The Morgan fingerprint density at radius 3 is 1.89 bits per heavy atom. The molecule has 0 aromatic heterocycles. The summed E-state index contributed by atoms with van der Waals surface area (Å²) < 4.78 is 15.2. The minimum Gasteiger partial charge on any atom is -0.458 e. The summed E-state index contributed by atoms with van der Waals surface area (Å²) >= 11 is 4.78. The third kappa shape index (κ3) is 5.02. The molecule has 1 fully saturated rings. The van der Waals surface area contributed by atoms with Crippen LogP contribution in [0.15, 0.2) is 0 Å².